The molecule has 1 aliphatic heterocycles. The highest BCUT2D eigenvalue weighted by atomic mass is 19.1. The van der Waals surface area contributed by atoms with Crippen molar-refractivity contribution in [3.8, 4) is 0 Å². The second-order valence-corrected chi connectivity index (χ2v) is 5.94. The molecule has 1 saturated heterocycles. The van der Waals surface area contributed by atoms with Gasteiger partial charge in [0, 0.05) is 6.54 Å². The number of aliphatic carboxylic acids is 1. The van der Waals surface area contributed by atoms with Gasteiger partial charge in [0.15, 0.2) is 0 Å². The van der Waals surface area contributed by atoms with Crippen LogP contribution in [0.5, 0.6) is 0 Å². The topological polar surface area (TPSA) is 57.6 Å². The normalized spacial score (nSPS) is 23.7. The number of amides is 1. The monoisotopic (exact) mass is 291 g/mol. The Labute approximate surface area is 122 Å². The largest absolute Gasteiger partial charge is 0.480 e. The third kappa shape index (κ3) is 2.41. The number of likely N-dealkylation sites (tertiary alicyclic amines) is 1. The van der Waals surface area contributed by atoms with E-state index in [1.54, 1.807) is 12.1 Å². The van der Waals surface area contributed by atoms with Gasteiger partial charge in [-0.2, -0.15) is 0 Å². The van der Waals surface area contributed by atoms with E-state index in [1.807, 2.05) is 0 Å². The van der Waals surface area contributed by atoms with Gasteiger partial charge in [-0.25, -0.2) is 9.18 Å². The fourth-order valence-electron chi connectivity index (χ4n) is 3.23. The lowest BCUT2D eigenvalue weighted by atomic mass is 9.91. The summed E-state index contributed by atoms with van der Waals surface area (Å²) in [6.45, 7) is 0.499. The SMILES string of the molecule is O=C(O)C1CCCCN1C(=O)C1(c2ccc(F)cc2)CC1. The predicted octanol–water partition coefficient (Wildman–Crippen LogP) is 2.32. The molecular formula is C16H18FNO3. The van der Waals surface area contributed by atoms with Gasteiger partial charge in [-0.1, -0.05) is 12.1 Å². The van der Waals surface area contributed by atoms with E-state index in [0.29, 0.717) is 25.8 Å². The molecular weight excluding hydrogens is 273 g/mol. The van der Waals surface area contributed by atoms with Crippen molar-refractivity contribution in [1.29, 1.82) is 0 Å². The van der Waals surface area contributed by atoms with Crippen LogP contribution < -0.4 is 0 Å². The highest BCUT2D eigenvalue weighted by Crippen LogP contribution is 2.50. The van der Waals surface area contributed by atoms with Gasteiger partial charge in [0.25, 0.3) is 0 Å². The zero-order valence-corrected chi connectivity index (χ0v) is 11.7. The quantitative estimate of drug-likeness (QED) is 0.930. The number of carbonyl (C=O) groups is 2. The van der Waals surface area contributed by atoms with E-state index in [0.717, 1.165) is 18.4 Å². The van der Waals surface area contributed by atoms with E-state index < -0.39 is 17.4 Å². The zero-order valence-electron chi connectivity index (χ0n) is 11.7. The number of hydrogen-bond acceptors (Lipinski definition) is 2. The molecule has 3 rings (SSSR count). The molecule has 1 unspecified atom stereocenters. The van der Waals surface area contributed by atoms with Crippen molar-refractivity contribution in [2.45, 2.75) is 43.6 Å². The van der Waals surface area contributed by atoms with Crippen LogP contribution >= 0.6 is 0 Å². The molecule has 0 aromatic heterocycles. The van der Waals surface area contributed by atoms with Crippen LogP contribution in [0.3, 0.4) is 0 Å². The van der Waals surface area contributed by atoms with Gasteiger partial charge in [-0.05, 0) is 49.8 Å². The Bertz CT molecular complexity index is 565. The maximum atomic E-state index is 13.0. The van der Waals surface area contributed by atoms with Crippen molar-refractivity contribution < 1.29 is 19.1 Å². The van der Waals surface area contributed by atoms with Crippen LogP contribution in [0.25, 0.3) is 0 Å². The van der Waals surface area contributed by atoms with Gasteiger partial charge in [-0.3, -0.25) is 4.79 Å². The van der Waals surface area contributed by atoms with Gasteiger partial charge in [0.2, 0.25) is 5.91 Å². The Morgan fingerprint density at radius 2 is 1.86 bits per heavy atom. The molecule has 5 heteroatoms. The molecule has 1 aromatic rings. The molecule has 1 heterocycles. The standard InChI is InChI=1S/C16H18FNO3/c17-12-6-4-11(5-7-12)16(8-9-16)15(21)18-10-2-1-3-13(18)14(19)20/h4-7,13H,1-3,8-10H2,(H,19,20). The summed E-state index contributed by atoms with van der Waals surface area (Å²) >= 11 is 0. The van der Waals surface area contributed by atoms with E-state index in [2.05, 4.69) is 0 Å². The third-order valence-corrected chi connectivity index (χ3v) is 4.60. The average molecular weight is 291 g/mol. The molecule has 2 fully saturated rings. The Balaban J connectivity index is 1.86. The molecule has 1 saturated carbocycles. The first-order valence-electron chi connectivity index (χ1n) is 7.34. The van der Waals surface area contributed by atoms with E-state index in [9.17, 15) is 19.1 Å². The number of hydrogen-bond donors (Lipinski definition) is 1. The van der Waals surface area contributed by atoms with Crippen molar-refractivity contribution >= 4 is 11.9 Å². The molecule has 2 aliphatic rings. The van der Waals surface area contributed by atoms with Crippen LogP contribution in [0.1, 0.15) is 37.7 Å². The van der Waals surface area contributed by atoms with Crippen LogP contribution in [0, 0.1) is 5.82 Å². The number of carboxylic acids is 1. The second-order valence-electron chi connectivity index (χ2n) is 5.94. The maximum Gasteiger partial charge on any atom is 0.326 e. The summed E-state index contributed by atoms with van der Waals surface area (Å²) in [6, 6.07) is 5.27. The number of carbonyl (C=O) groups excluding carboxylic acids is 1. The van der Waals surface area contributed by atoms with Crippen molar-refractivity contribution in [2.75, 3.05) is 6.54 Å². The number of rotatable bonds is 3. The Morgan fingerprint density at radius 3 is 2.43 bits per heavy atom. The second kappa shape index (κ2) is 5.13. The molecule has 0 spiro atoms. The molecule has 21 heavy (non-hydrogen) atoms. The minimum Gasteiger partial charge on any atom is -0.480 e. The van der Waals surface area contributed by atoms with Gasteiger partial charge in [-0.15, -0.1) is 0 Å². The van der Waals surface area contributed by atoms with Crippen LogP contribution in [0.15, 0.2) is 24.3 Å². The molecule has 1 aromatic carbocycles. The Kier molecular flexibility index (Phi) is 3.43. The summed E-state index contributed by atoms with van der Waals surface area (Å²) < 4.78 is 13.0. The first-order valence-corrected chi connectivity index (χ1v) is 7.34. The summed E-state index contributed by atoms with van der Waals surface area (Å²) in [4.78, 5) is 25.7. The lowest BCUT2D eigenvalue weighted by molar-refractivity contribution is -0.153. The van der Waals surface area contributed by atoms with E-state index in [4.69, 9.17) is 0 Å². The Morgan fingerprint density at radius 1 is 1.19 bits per heavy atom. The van der Waals surface area contributed by atoms with E-state index in [-0.39, 0.29) is 11.7 Å². The van der Waals surface area contributed by atoms with Gasteiger partial charge < -0.3 is 10.0 Å². The van der Waals surface area contributed by atoms with Crippen LogP contribution in [-0.2, 0) is 15.0 Å². The van der Waals surface area contributed by atoms with Crippen molar-refractivity contribution in [3.63, 3.8) is 0 Å². The molecule has 1 amide bonds. The summed E-state index contributed by atoms with van der Waals surface area (Å²) in [5.74, 6) is -1.37. The molecule has 1 N–H and O–H groups in total. The smallest absolute Gasteiger partial charge is 0.326 e. The van der Waals surface area contributed by atoms with E-state index in [1.165, 1.54) is 17.0 Å². The minimum atomic E-state index is -0.932. The fourth-order valence-corrected chi connectivity index (χ4v) is 3.23. The molecule has 1 atom stereocenters. The Hall–Kier alpha value is -1.91. The first kappa shape index (κ1) is 14.0. The third-order valence-electron chi connectivity index (χ3n) is 4.60. The van der Waals surface area contributed by atoms with Gasteiger partial charge >= 0.3 is 5.97 Å². The predicted molar refractivity (Wildman–Crippen MR) is 74.3 cm³/mol. The average Bonchev–Trinajstić information content (AvgIpc) is 3.29. The number of piperidine rings is 1. The lowest BCUT2D eigenvalue weighted by Gasteiger charge is -2.35. The summed E-state index contributed by atoms with van der Waals surface area (Å²) in [6.07, 6.45) is 3.61. The number of benzene rings is 1. The van der Waals surface area contributed by atoms with Crippen molar-refractivity contribution in [3.05, 3.63) is 35.6 Å². The molecule has 0 radical (unpaired) electrons. The summed E-state index contributed by atoms with van der Waals surface area (Å²) in [7, 11) is 0. The fraction of sp³-hybridized carbons (Fsp3) is 0.500. The molecule has 112 valence electrons. The highest BCUT2D eigenvalue weighted by molar-refractivity contribution is 5.94. The highest BCUT2D eigenvalue weighted by Gasteiger charge is 2.54. The number of nitrogens with zero attached hydrogens (tertiary/aromatic N) is 1. The lowest BCUT2D eigenvalue weighted by Crippen LogP contribution is -2.51. The van der Waals surface area contributed by atoms with Crippen molar-refractivity contribution in [1.82, 2.24) is 4.90 Å². The molecule has 4 nitrogen and oxygen atoms in total. The van der Waals surface area contributed by atoms with Gasteiger partial charge in [0.1, 0.15) is 11.9 Å². The number of carboxylic acid groups (broad SMARTS) is 1. The zero-order chi connectivity index (χ0) is 15.0. The van der Waals surface area contributed by atoms with Crippen molar-refractivity contribution in [2.24, 2.45) is 0 Å². The molecule has 0 bridgehead atoms. The first-order chi connectivity index (χ1) is 10.0. The van der Waals surface area contributed by atoms with E-state index >= 15 is 0 Å². The summed E-state index contributed by atoms with van der Waals surface area (Å²) in [5.41, 5.74) is 0.169. The number of halogens is 1. The van der Waals surface area contributed by atoms with Crippen LogP contribution in [-0.4, -0.2) is 34.5 Å². The summed E-state index contributed by atoms with van der Waals surface area (Å²) in [5, 5.41) is 9.31. The minimum absolute atomic E-state index is 0.110. The van der Waals surface area contributed by atoms with Crippen LogP contribution in [0.2, 0.25) is 0 Å². The molecule has 1 aliphatic carbocycles. The van der Waals surface area contributed by atoms with Gasteiger partial charge in [0.05, 0.1) is 5.41 Å². The van der Waals surface area contributed by atoms with Crippen LogP contribution in [0.4, 0.5) is 4.39 Å². The maximum absolute atomic E-state index is 13.0.